The van der Waals surface area contributed by atoms with Crippen LogP contribution in [-0.2, 0) is 10.0 Å². The quantitative estimate of drug-likeness (QED) is 0.779. The normalized spacial score (nSPS) is 12.3. The monoisotopic (exact) mass is 329 g/mol. The molecule has 0 aliphatic carbocycles. The van der Waals surface area contributed by atoms with E-state index in [-0.39, 0.29) is 22.2 Å². The van der Waals surface area contributed by atoms with Gasteiger partial charge in [-0.15, -0.1) is 0 Å². The van der Waals surface area contributed by atoms with Crippen LogP contribution in [0.3, 0.4) is 0 Å². The van der Waals surface area contributed by atoms with Crippen molar-refractivity contribution >= 4 is 27.8 Å². The zero-order valence-electron chi connectivity index (χ0n) is 9.85. The van der Waals surface area contributed by atoms with Gasteiger partial charge in [0.15, 0.2) is 0 Å². The highest BCUT2D eigenvalue weighted by molar-refractivity contribution is 8.00. The van der Waals surface area contributed by atoms with Crippen molar-refractivity contribution < 1.29 is 31.5 Å². The Balaban J connectivity index is 2.70. The highest BCUT2D eigenvalue weighted by Crippen LogP contribution is 2.29. The molecule has 10 heteroatoms. The van der Waals surface area contributed by atoms with E-state index in [1.165, 1.54) is 12.1 Å². The molecule has 5 nitrogen and oxygen atoms in total. The third kappa shape index (κ3) is 5.39. The van der Waals surface area contributed by atoms with Gasteiger partial charge in [0.1, 0.15) is 0 Å². The molecule has 0 fully saturated rings. The fraction of sp³-hybridized carbons (Fsp3) is 0.300. The van der Waals surface area contributed by atoms with Crippen LogP contribution in [0, 0.1) is 0 Å². The molecule has 0 aliphatic heterocycles. The molecule has 0 unspecified atom stereocenters. The van der Waals surface area contributed by atoms with E-state index in [2.05, 4.69) is 0 Å². The number of hydrogen-bond donors (Lipinski definition) is 2. The highest BCUT2D eigenvalue weighted by atomic mass is 32.2. The predicted molar refractivity (Wildman–Crippen MR) is 67.1 cm³/mol. The summed E-state index contributed by atoms with van der Waals surface area (Å²) in [7, 11) is -4.03. The van der Waals surface area contributed by atoms with Gasteiger partial charge >= 0.3 is 11.5 Å². The van der Waals surface area contributed by atoms with Crippen molar-refractivity contribution in [1.29, 1.82) is 0 Å². The van der Waals surface area contributed by atoms with E-state index in [4.69, 9.17) is 5.11 Å². The van der Waals surface area contributed by atoms with Crippen molar-refractivity contribution in [3.05, 3.63) is 29.8 Å². The van der Waals surface area contributed by atoms with E-state index in [0.29, 0.717) is 0 Å². The van der Waals surface area contributed by atoms with Gasteiger partial charge in [0, 0.05) is 12.3 Å². The van der Waals surface area contributed by atoms with Crippen LogP contribution in [0.2, 0.25) is 0 Å². The third-order valence-corrected chi connectivity index (χ3v) is 4.25. The Labute approximate surface area is 117 Å². The second kappa shape index (κ2) is 6.46. The summed E-state index contributed by atoms with van der Waals surface area (Å²) in [5, 5.41) is 8.74. The number of benzene rings is 1. The zero-order valence-corrected chi connectivity index (χ0v) is 11.5. The Morgan fingerprint density at radius 1 is 1.35 bits per heavy atom. The van der Waals surface area contributed by atoms with Crippen LogP contribution in [0.15, 0.2) is 29.2 Å². The van der Waals surface area contributed by atoms with Gasteiger partial charge in [0.05, 0.1) is 10.5 Å². The third-order valence-electron chi connectivity index (χ3n) is 2.05. The largest absolute Gasteiger partial charge is 0.478 e. The molecule has 0 aliphatic rings. The van der Waals surface area contributed by atoms with Gasteiger partial charge in [-0.05, 0) is 30.0 Å². The van der Waals surface area contributed by atoms with Crippen molar-refractivity contribution in [3.8, 4) is 0 Å². The first-order valence-corrected chi connectivity index (χ1v) is 7.62. The lowest BCUT2D eigenvalue weighted by molar-refractivity contribution is -0.0327. The minimum absolute atomic E-state index is 0.224. The standard InChI is InChI=1S/C10H10F3NO4S2/c11-10(12,13)19-5-4-14-20(17,18)8-3-1-2-7(6-8)9(15)16/h1-3,6,14H,4-5H2,(H,15,16). The Bertz CT molecular complexity index is 586. The molecule has 0 saturated carbocycles. The van der Waals surface area contributed by atoms with E-state index in [0.717, 1.165) is 12.1 Å². The molecule has 0 radical (unpaired) electrons. The number of alkyl halides is 3. The Morgan fingerprint density at radius 3 is 2.55 bits per heavy atom. The average molecular weight is 329 g/mol. The maximum atomic E-state index is 11.9. The maximum Gasteiger partial charge on any atom is 0.441 e. The number of aromatic carboxylic acids is 1. The van der Waals surface area contributed by atoms with Gasteiger partial charge in [0.25, 0.3) is 0 Å². The smallest absolute Gasteiger partial charge is 0.441 e. The molecule has 20 heavy (non-hydrogen) atoms. The molecule has 0 aromatic heterocycles. The number of halogens is 3. The van der Waals surface area contributed by atoms with Crippen LogP contribution in [0.4, 0.5) is 13.2 Å². The molecule has 0 heterocycles. The second-order valence-corrected chi connectivity index (χ2v) is 6.45. The van der Waals surface area contributed by atoms with Crippen molar-refractivity contribution in [2.24, 2.45) is 0 Å². The number of carbonyl (C=O) groups is 1. The average Bonchev–Trinajstić information content (AvgIpc) is 2.34. The van der Waals surface area contributed by atoms with E-state index >= 15 is 0 Å². The molecule has 0 bridgehead atoms. The van der Waals surface area contributed by atoms with Gasteiger partial charge in [-0.3, -0.25) is 0 Å². The first-order valence-electron chi connectivity index (χ1n) is 5.15. The number of thioether (sulfide) groups is 1. The molecule has 1 aromatic carbocycles. The molecular formula is C10H10F3NO4S2. The van der Waals surface area contributed by atoms with Crippen LogP contribution >= 0.6 is 11.8 Å². The van der Waals surface area contributed by atoms with Gasteiger partial charge in [-0.1, -0.05) is 6.07 Å². The summed E-state index contributed by atoms with van der Waals surface area (Å²) in [5.41, 5.74) is -4.65. The van der Waals surface area contributed by atoms with Crippen LogP contribution in [-0.4, -0.2) is 37.3 Å². The number of nitrogens with one attached hydrogen (secondary N) is 1. The number of rotatable bonds is 6. The van der Waals surface area contributed by atoms with E-state index in [9.17, 15) is 26.4 Å². The van der Waals surface area contributed by atoms with Crippen LogP contribution in [0.25, 0.3) is 0 Å². The number of carboxylic acids is 1. The van der Waals surface area contributed by atoms with Gasteiger partial charge in [-0.2, -0.15) is 13.2 Å². The Hall–Kier alpha value is -1.26. The van der Waals surface area contributed by atoms with Gasteiger partial charge in [0.2, 0.25) is 10.0 Å². The van der Waals surface area contributed by atoms with Crippen molar-refractivity contribution in [1.82, 2.24) is 4.72 Å². The molecule has 0 spiro atoms. The fourth-order valence-corrected chi connectivity index (χ4v) is 2.86. The van der Waals surface area contributed by atoms with Crippen molar-refractivity contribution in [2.75, 3.05) is 12.3 Å². The molecule has 0 saturated heterocycles. The SMILES string of the molecule is O=C(O)c1cccc(S(=O)(=O)NCCSC(F)(F)F)c1. The summed E-state index contributed by atoms with van der Waals surface area (Å²) in [5.74, 6) is -1.77. The van der Waals surface area contributed by atoms with Crippen LogP contribution < -0.4 is 4.72 Å². The van der Waals surface area contributed by atoms with E-state index in [1.807, 2.05) is 4.72 Å². The van der Waals surface area contributed by atoms with E-state index < -0.39 is 33.8 Å². The minimum Gasteiger partial charge on any atom is -0.478 e. The zero-order chi connectivity index (χ0) is 15.4. The molecular weight excluding hydrogens is 319 g/mol. The second-order valence-electron chi connectivity index (χ2n) is 3.52. The summed E-state index contributed by atoms with van der Waals surface area (Å²) in [6, 6.07) is 4.54. The maximum absolute atomic E-state index is 11.9. The molecule has 112 valence electrons. The van der Waals surface area contributed by atoms with Crippen molar-refractivity contribution in [3.63, 3.8) is 0 Å². The first-order chi connectivity index (χ1) is 9.12. The lowest BCUT2D eigenvalue weighted by atomic mass is 10.2. The van der Waals surface area contributed by atoms with Gasteiger partial charge in [-0.25, -0.2) is 17.9 Å². The van der Waals surface area contributed by atoms with E-state index in [1.54, 1.807) is 0 Å². The lowest BCUT2D eigenvalue weighted by Crippen LogP contribution is -2.27. The summed E-state index contributed by atoms with van der Waals surface area (Å²) in [4.78, 5) is 10.4. The minimum atomic E-state index is -4.42. The fourth-order valence-electron chi connectivity index (χ4n) is 1.22. The Morgan fingerprint density at radius 2 is 2.00 bits per heavy atom. The molecule has 1 aromatic rings. The lowest BCUT2D eigenvalue weighted by Gasteiger charge is -2.08. The first kappa shape index (κ1) is 16.8. The summed E-state index contributed by atoms with van der Waals surface area (Å²) >= 11 is -0.344. The Kier molecular flexibility index (Phi) is 5.42. The summed E-state index contributed by atoms with van der Waals surface area (Å²) in [6.45, 7) is -0.413. The molecule has 0 amide bonds. The molecule has 0 atom stereocenters. The van der Waals surface area contributed by atoms with Crippen LogP contribution in [0.5, 0.6) is 0 Å². The van der Waals surface area contributed by atoms with Gasteiger partial charge < -0.3 is 5.11 Å². The van der Waals surface area contributed by atoms with Crippen LogP contribution in [0.1, 0.15) is 10.4 Å². The highest BCUT2D eigenvalue weighted by Gasteiger charge is 2.27. The molecule has 1 rings (SSSR count). The molecule has 2 N–H and O–H groups in total. The number of carboxylic acid groups (broad SMARTS) is 1. The van der Waals surface area contributed by atoms with Crippen molar-refractivity contribution in [2.45, 2.75) is 10.4 Å². The number of sulfonamides is 1. The summed E-state index contributed by atoms with van der Waals surface area (Å²) < 4.78 is 61.0. The topological polar surface area (TPSA) is 83.5 Å². The number of hydrogen-bond acceptors (Lipinski definition) is 4. The predicted octanol–water partition coefficient (Wildman–Crippen LogP) is 1.92. The summed E-state index contributed by atoms with van der Waals surface area (Å²) in [6.07, 6.45) is 0.